The summed E-state index contributed by atoms with van der Waals surface area (Å²) in [5, 5.41) is 6.79. The van der Waals surface area contributed by atoms with Crippen LogP contribution >= 0.6 is 18.7 Å². The first-order valence-electron chi connectivity index (χ1n) is 10.4. The summed E-state index contributed by atoms with van der Waals surface area (Å²) in [7, 11) is -2.54. The molecule has 1 heterocycles. The molecule has 2 rings (SSSR count). The fourth-order valence-corrected chi connectivity index (χ4v) is 4.01. The van der Waals surface area contributed by atoms with Crippen LogP contribution in [-0.2, 0) is 9.36 Å². The van der Waals surface area contributed by atoms with Crippen molar-refractivity contribution >= 4 is 53.1 Å². The summed E-state index contributed by atoms with van der Waals surface area (Å²) in [6.07, 6.45) is 4.86. The van der Waals surface area contributed by atoms with E-state index in [4.69, 9.17) is 11.6 Å². The number of halogens is 1. The van der Waals surface area contributed by atoms with E-state index in [1.54, 1.807) is 32.4 Å². The molecule has 7 nitrogen and oxygen atoms in total. The van der Waals surface area contributed by atoms with Gasteiger partial charge >= 0.3 is 0 Å². The SMILES string of the molecule is C=CC(=O)N/C(=C/C(C)=Nc1ncc(Cl)c(Nc2ccccc2P(C)(C)=O)n1)C(=C)C#CCC. The Morgan fingerprint density at radius 1 is 1.32 bits per heavy atom. The summed E-state index contributed by atoms with van der Waals surface area (Å²) >= 11 is 6.30. The second-order valence-corrected chi connectivity index (χ2v) is 11.1. The van der Waals surface area contributed by atoms with Gasteiger partial charge in [-0.2, -0.15) is 4.98 Å². The Balaban J connectivity index is 2.41. The molecule has 176 valence electrons. The number of nitrogens with zero attached hydrogens (tertiary/aromatic N) is 3. The second kappa shape index (κ2) is 12.1. The molecule has 1 aromatic carbocycles. The number of anilines is 2. The smallest absolute Gasteiger partial charge is 0.251 e. The monoisotopic (exact) mass is 495 g/mol. The zero-order chi connectivity index (χ0) is 25.3. The van der Waals surface area contributed by atoms with Gasteiger partial charge < -0.3 is 15.2 Å². The lowest BCUT2D eigenvalue weighted by molar-refractivity contribution is -0.115. The molecule has 2 aromatic rings. The lowest BCUT2D eigenvalue weighted by atomic mass is 10.1. The van der Waals surface area contributed by atoms with Crippen molar-refractivity contribution in [2.75, 3.05) is 18.6 Å². The van der Waals surface area contributed by atoms with Gasteiger partial charge in [-0.05, 0) is 44.5 Å². The number of para-hydroxylation sites is 1. The normalized spacial score (nSPS) is 11.8. The van der Waals surface area contributed by atoms with Crippen molar-refractivity contribution < 1.29 is 9.36 Å². The van der Waals surface area contributed by atoms with Crippen molar-refractivity contribution in [2.24, 2.45) is 4.99 Å². The van der Waals surface area contributed by atoms with Gasteiger partial charge in [-0.1, -0.05) is 55.7 Å². The van der Waals surface area contributed by atoms with Crippen LogP contribution in [0.4, 0.5) is 17.5 Å². The van der Waals surface area contributed by atoms with E-state index >= 15 is 0 Å². The quantitative estimate of drug-likeness (QED) is 0.169. The molecule has 9 heteroatoms. The Morgan fingerprint density at radius 3 is 2.68 bits per heavy atom. The Hall–Kier alpha value is -3.46. The van der Waals surface area contributed by atoms with E-state index < -0.39 is 13.0 Å². The average molecular weight is 496 g/mol. The van der Waals surface area contributed by atoms with Gasteiger partial charge in [0.2, 0.25) is 5.91 Å². The largest absolute Gasteiger partial charge is 0.338 e. The van der Waals surface area contributed by atoms with Gasteiger partial charge in [-0.15, -0.1) is 0 Å². The number of aromatic nitrogens is 2. The molecule has 0 atom stereocenters. The van der Waals surface area contributed by atoms with Crippen LogP contribution in [0.5, 0.6) is 0 Å². The van der Waals surface area contributed by atoms with Gasteiger partial charge in [-0.25, -0.2) is 9.98 Å². The van der Waals surface area contributed by atoms with Gasteiger partial charge in [-0.3, -0.25) is 4.79 Å². The van der Waals surface area contributed by atoms with Crippen molar-refractivity contribution in [3.63, 3.8) is 0 Å². The van der Waals surface area contributed by atoms with E-state index in [0.717, 1.165) is 6.08 Å². The maximum absolute atomic E-state index is 12.7. The molecular formula is C25H27ClN5O2P. The van der Waals surface area contributed by atoms with Crippen LogP contribution < -0.4 is 15.9 Å². The van der Waals surface area contributed by atoms with Crippen LogP contribution in [0.3, 0.4) is 0 Å². The number of hydrogen-bond donors (Lipinski definition) is 2. The molecule has 0 aliphatic carbocycles. The van der Waals surface area contributed by atoms with Gasteiger partial charge in [0.05, 0.1) is 17.6 Å². The van der Waals surface area contributed by atoms with E-state index in [0.29, 0.717) is 40.2 Å². The fraction of sp³-hybridized carbons (Fsp3) is 0.200. The highest BCUT2D eigenvalue weighted by atomic mass is 35.5. The minimum atomic E-state index is -2.54. The minimum Gasteiger partial charge on any atom is -0.338 e. The van der Waals surface area contributed by atoms with Gasteiger partial charge in [0, 0.05) is 23.0 Å². The molecule has 1 aromatic heterocycles. The van der Waals surface area contributed by atoms with E-state index in [2.05, 4.69) is 50.6 Å². The third kappa shape index (κ3) is 7.84. The van der Waals surface area contributed by atoms with Gasteiger partial charge in [0.1, 0.15) is 12.2 Å². The molecule has 0 unspecified atom stereocenters. The van der Waals surface area contributed by atoms with E-state index in [1.807, 2.05) is 25.1 Å². The van der Waals surface area contributed by atoms with Crippen LogP contribution in [0.1, 0.15) is 20.3 Å². The van der Waals surface area contributed by atoms with E-state index in [-0.39, 0.29) is 11.0 Å². The minimum absolute atomic E-state index is 0.147. The topological polar surface area (TPSA) is 96.3 Å². The maximum Gasteiger partial charge on any atom is 0.251 e. The zero-order valence-corrected chi connectivity index (χ0v) is 21.3. The number of nitrogens with one attached hydrogen (secondary N) is 2. The predicted octanol–water partition coefficient (Wildman–Crippen LogP) is 5.37. The average Bonchev–Trinajstić information content (AvgIpc) is 2.78. The molecule has 0 aliphatic heterocycles. The van der Waals surface area contributed by atoms with Crippen LogP contribution in [0, 0.1) is 11.8 Å². The first-order chi connectivity index (χ1) is 16.0. The summed E-state index contributed by atoms with van der Waals surface area (Å²) < 4.78 is 12.7. The van der Waals surface area contributed by atoms with Crippen LogP contribution in [0.15, 0.2) is 72.0 Å². The van der Waals surface area contributed by atoms with E-state index in [1.165, 1.54) is 6.20 Å². The molecule has 0 saturated carbocycles. The Labute approximate surface area is 205 Å². The van der Waals surface area contributed by atoms with Crippen molar-refractivity contribution in [1.82, 2.24) is 15.3 Å². The Kier molecular flexibility index (Phi) is 9.56. The summed E-state index contributed by atoms with van der Waals surface area (Å²) in [5.74, 6) is 5.89. The van der Waals surface area contributed by atoms with Crippen molar-refractivity contribution in [3.05, 3.63) is 72.1 Å². The number of allylic oxidation sites excluding steroid dienone is 2. The third-order valence-electron chi connectivity index (χ3n) is 4.28. The highest BCUT2D eigenvalue weighted by molar-refractivity contribution is 7.70. The van der Waals surface area contributed by atoms with Crippen LogP contribution in [0.2, 0.25) is 5.02 Å². The summed E-state index contributed by atoms with van der Waals surface area (Å²) in [6, 6.07) is 7.27. The predicted molar refractivity (Wildman–Crippen MR) is 142 cm³/mol. The van der Waals surface area contributed by atoms with Gasteiger partial charge in [0.25, 0.3) is 5.95 Å². The third-order valence-corrected chi connectivity index (χ3v) is 6.11. The first-order valence-corrected chi connectivity index (χ1v) is 13.4. The standard InChI is InChI=1S/C25H27ClN5O2P/c1-7-9-12-17(3)21(29-23(32)8-2)15-18(4)28-25-27-16-19(26)24(31-25)30-20-13-10-11-14-22(20)34(5,6)33/h8,10-11,13-16H,2-3,7H2,1,4-6H3,(H,29,32)(H,27,30,31)/b21-15+,28-18?. The van der Waals surface area contributed by atoms with Crippen molar-refractivity contribution in [2.45, 2.75) is 20.3 Å². The number of carbonyl (C=O) groups is 1. The van der Waals surface area contributed by atoms with Crippen LogP contribution in [0.25, 0.3) is 0 Å². The first kappa shape index (κ1) is 26.8. The molecule has 0 radical (unpaired) electrons. The fourth-order valence-electron chi connectivity index (χ4n) is 2.72. The zero-order valence-electron chi connectivity index (χ0n) is 19.6. The highest BCUT2D eigenvalue weighted by Crippen LogP contribution is 2.38. The second-order valence-electron chi connectivity index (χ2n) is 7.50. The molecule has 0 saturated heterocycles. The molecule has 0 spiro atoms. The number of benzene rings is 1. The molecule has 0 aliphatic rings. The number of carbonyl (C=O) groups excluding carboxylic acids is 1. The number of rotatable bonds is 8. The number of amides is 1. The highest BCUT2D eigenvalue weighted by Gasteiger charge is 2.17. The van der Waals surface area contributed by atoms with Crippen molar-refractivity contribution in [1.29, 1.82) is 0 Å². The lowest BCUT2D eigenvalue weighted by Crippen LogP contribution is -2.21. The van der Waals surface area contributed by atoms with Crippen LogP contribution in [-0.4, -0.2) is 34.9 Å². The summed E-state index contributed by atoms with van der Waals surface area (Å²) in [6.45, 7) is 14.4. The van der Waals surface area contributed by atoms with Gasteiger partial charge in [0.15, 0.2) is 5.82 Å². The molecule has 0 bridgehead atoms. The molecule has 2 N–H and O–H groups in total. The summed E-state index contributed by atoms with van der Waals surface area (Å²) in [5.41, 5.74) is 1.98. The Morgan fingerprint density at radius 2 is 2.03 bits per heavy atom. The molecule has 0 fully saturated rings. The number of aliphatic imine (C=N–C) groups is 1. The van der Waals surface area contributed by atoms with Crippen molar-refractivity contribution in [3.8, 4) is 11.8 Å². The van der Waals surface area contributed by atoms with E-state index in [9.17, 15) is 9.36 Å². The number of hydrogen-bond acceptors (Lipinski definition) is 6. The Bertz CT molecular complexity index is 1280. The lowest BCUT2D eigenvalue weighted by Gasteiger charge is -2.15. The molecule has 34 heavy (non-hydrogen) atoms. The molecular weight excluding hydrogens is 469 g/mol. The molecule has 1 amide bonds. The maximum atomic E-state index is 12.7. The summed E-state index contributed by atoms with van der Waals surface area (Å²) in [4.78, 5) is 24.8.